The number of fused-ring (bicyclic) bond motifs is 7. The third kappa shape index (κ3) is 4.25. The maximum atomic E-state index is 2.56. The van der Waals surface area contributed by atoms with Crippen LogP contribution in [-0.2, 0) is 10.8 Å². The fourth-order valence-electron chi connectivity index (χ4n) is 9.15. The molecule has 0 spiro atoms. The van der Waals surface area contributed by atoms with Crippen LogP contribution in [0, 0.1) is 0 Å². The Hall–Kier alpha value is -5.40. The van der Waals surface area contributed by atoms with Crippen molar-refractivity contribution in [1.82, 2.24) is 0 Å². The second kappa shape index (κ2) is 11.1. The summed E-state index contributed by atoms with van der Waals surface area (Å²) in [4.78, 5) is 2.56. The largest absolute Gasteiger partial charge is 0.309 e. The highest BCUT2D eigenvalue weighted by Crippen LogP contribution is 2.58. The minimum atomic E-state index is -0.118. The number of rotatable bonds is 6. The zero-order chi connectivity index (χ0) is 33.3. The van der Waals surface area contributed by atoms with Gasteiger partial charge in [-0.25, -0.2) is 0 Å². The molecule has 0 N–H and O–H groups in total. The summed E-state index contributed by atoms with van der Waals surface area (Å²) >= 11 is 0. The lowest BCUT2D eigenvalue weighted by Gasteiger charge is -2.33. The zero-order valence-corrected chi connectivity index (χ0v) is 28.8. The van der Waals surface area contributed by atoms with Gasteiger partial charge in [-0.05, 0) is 98.6 Å². The van der Waals surface area contributed by atoms with Crippen LogP contribution >= 0.6 is 0 Å². The molecule has 0 radical (unpaired) electrons. The standard InChI is InChI=1S/C48H41N/c1-5-48(6-2)42-23-15-12-20-38(42)39-29-28-36(31-43(39)48)49(35-26-24-33(25-27-35)32-16-8-7-9-17-32)46-37-19-11-10-18-34(37)30-44-45(46)40-21-13-14-22-41(40)47(44,3)4/h7-31H,5-6H2,1-4H3. The van der Waals surface area contributed by atoms with Crippen molar-refractivity contribution in [2.24, 2.45) is 0 Å². The minimum absolute atomic E-state index is 0.0138. The van der Waals surface area contributed by atoms with Gasteiger partial charge in [0, 0.05) is 33.2 Å². The molecule has 0 aliphatic heterocycles. The van der Waals surface area contributed by atoms with Crippen molar-refractivity contribution in [3.8, 4) is 33.4 Å². The molecule has 0 saturated heterocycles. The van der Waals surface area contributed by atoms with Crippen LogP contribution in [0.3, 0.4) is 0 Å². The van der Waals surface area contributed by atoms with Crippen LogP contribution in [0.5, 0.6) is 0 Å². The summed E-state index contributed by atoms with van der Waals surface area (Å²) in [5.41, 5.74) is 17.1. The van der Waals surface area contributed by atoms with E-state index < -0.39 is 0 Å². The van der Waals surface area contributed by atoms with Gasteiger partial charge in [0.15, 0.2) is 0 Å². The van der Waals surface area contributed by atoms with E-state index in [1.165, 1.54) is 77.8 Å². The molecule has 0 aromatic heterocycles. The maximum Gasteiger partial charge on any atom is 0.0621 e. The van der Waals surface area contributed by atoms with E-state index in [-0.39, 0.29) is 10.8 Å². The average Bonchev–Trinajstić information content (AvgIpc) is 3.57. The molecule has 9 rings (SSSR count). The van der Waals surface area contributed by atoms with Crippen molar-refractivity contribution in [3.63, 3.8) is 0 Å². The summed E-state index contributed by atoms with van der Waals surface area (Å²) < 4.78 is 0. The van der Waals surface area contributed by atoms with Crippen molar-refractivity contribution >= 4 is 27.8 Å². The Labute approximate surface area is 290 Å². The first-order valence-electron chi connectivity index (χ1n) is 17.8. The summed E-state index contributed by atoms with van der Waals surface area (Å²) in [5, 5.41) is 2.54. The lowest BCUT2D eigenvalue weighted by molar-refractivity contribution is 0.490. The van der Waals surface area contributed by atoms with Gasteiger partial charge in [-0.15, -0.1) is 0 Å². The maximum absolute atomic E-state index is 2.56. The molecule has 1 nitrogen and oxygen atoms in total. The number of hydrogen-bond acceptors (Lipinski definition) is 1. The molecular weight excluding hydrogens is 591 g/mol. The van der Waals surface area contributed by atoms with Crippen LogP contribution in [0.25, 0.3) is 44.2 Å². The first-order chi connectivity index (χ1) is 24.0. The quantitative estimate of drug-likeness (QED) is 0.176. The molecule has 2 aliphatic rings. The summed E-state index contributed by atoms with van der Waals surface area (Å²) in [5.74, 6) is 0. The van der Waals surface area contributed by atoms with E-state index >= 15 is 0 Å². The fraction of sp³-hybridized carbons (Fsp3) is 0.167. The molecule has 7 aromatic rings. The van der Waals surface area contributed by atoms with Crippen molar-refractivity contribution in [1.29, 1.82) is 0 Å². The Morgan fingerprint density at radius 3 is 1.82 bits per heavy atom. The van der Waals surface area contributed by atoms with Gasteiger partial charge in [-0.1, -0.05) is 149 Å². The summed E-state index contributed by atoms with van der Waals surface area (Å²) in [6.07, 6.45) is 2.13. The van der Waals surface area contributed by atoms with Crippen LogP contribution in [0.15, 0.2) is 152 Å². The van der Waals surface area contributed by atoms with Crippen molar-refractivity contribution < 1.29 is 0 Å². The molecular formula is C48H41N. The summed E-state index contributed by atoms with van der Waals surface area (Å²) in [6, 6.07) is 56.7. The number of hydrogen-bond donors (Lipinski definition) is 0. The van der Waals surface area contributed by atoms with Crippen molar-refractivity contribution in [2.75, 3.05) is 4.90 Å². The van der Waals surface area contributed by atoms with Crippen LogP contribution < -0.4 is 4.90 Å². The Bertz CT molecular complexity index is 2370. The van der Waals surface area contributed by atoms with E-state index in [0.717, 1.165) is 18.5 Å². The van der Waals surface area contributed by atoms with Crippen LogP contribution in [0.2, 0.25) is 0 Å². The lowest BCUT2D eigenvalue weighted by atomic mass is 9.74. The minimum Gasteiger partial charge on any atom is -0.309 e. The Kier molecular flexibility index (Phi) is 6.71. The van der Waals surface area contributed by atoms with E-state index in [9.17, 15) is 0 Å². The van der Waals surface area contributed by atoms with E-state index in [1.807, 2.05) is 0 Å². The van der Waals surface area contributed by atoms with Crippen molar-refractivity contribution in [2.45, 2.75) is 51.4 Å². The third-order valence-corrected chi connectivity index (χ3v) is 11.7. The summed E-state index contributed by atoms with van der Waals surface area (Å²) in [6.45, 7) is 9.49. The van der Waals surface area contributed by atoms with Gasteiger partial charge >= 0.3 is 0 Å². The highest BCUT2D eigenvalue weighted by molar-refractivity contribution is 6.10. The van der Waals surface area contributed by atoms with Gasteiger partial charge in [-0.3, -0.25) is 0 Å². The molecule has 1 heteroatoms. The molecule has 0 saturated carbocycles. The predicted octanol–water partition coefficient (Wildman–Crippen LogP) is 13.4. The van der Waals surface area contributed by atoms with E-state index in [1.54, 1.807) is 0 Å². The van der Waals surface area contributed by atoms with Crippen molar-refractivity contribution in [3.05, 3.63) is 174 Å². The van der Waals surface area contributed by atoms with Gasteiger partial charge in [0.2, 0.25) is 0 Å². The third-order valence-electron chi connectivity index (χ3n) is 11.7. The van der Waals surface area contributed by atoms with Crippen LogP contribution in [-0.4, -0.2) is 0 Å². The molecule has 0 bridgehead atoms. The molecule has 0 amide bonds. The van der Waals surface area contributed by atoms with Gasteiger partial charge in [0.25, 0.3) is 0 Å². The SMILES string of the molecule is CCC1(CC)c2ccccc2-c2ccc(N(c3ccc(-c4ccccc4)cc3)c3c4c(cc5ccccc35)C(C)(C)c3ccccc3-4)cc21. The van der Waals surface area contributed by atoms with Gasteiger partial charge in [0.1, 0.15) is 0 Å². The molecule has 238 valence electrons. The van der Waals surface area contributed by atoms with Gasteiger partial charge in [0.05, 0.1) is 5.69 Å². The van der Waals surface area contributed by atoms with E-state index in [4.69, 9.17) is 0 Å². The number of nitrogens with zero attached hydrogens (tertiary/aromatic N) is 1. The highest BCUT2D eigenvalue weighted by Gasteiger charge is 2.42. The molecule has 49 heavy (non-hydrogen) atoms. The molecule has 0 atom stereocenters. The molecule has 0 heterocycles. The topological polar surface area (TPSA) is 3.24 Å². The first kappa shape index (κ1) is 29.7. The smallest absolute Gasteiger partial charge is 0.0621 e. The van der Waals surface area contributed by atoms with Gasteiger partial charge < -0.3 is 4.90 Å². The molecule has 2 aliphatic carbocycles. The van der Waals surface area contributed by atoms with Gasteiger partial charge in [-0.2, -0.15) is 0 Å². The fourth-order valence-corrected chi connectivity index (χ4v) is 9.15. The second-order valence-electron chi connectivity index (χ2n) is 14.4. The molecule has 0 unspecified atom stereocenters. The molecule has 0 fully saturated rings. The number of anilines is 3. The predicted molar refractivity (Wildman–Crippen MR) is 208 cm³/mol. The normalized spacial score (nSPS) is 14.6. The Balaban J connectivity index is 1.35. The highest BCUT2D eigenvalue weighted by atomic mass is 15.1. The second-order valence-corrected chi connectivity index (χ2v) is 14.4. The first-order valence-corrected chi connectivity index (χ1v) is 17.8. The lowest BCUT2D eigenvalue weighted by Crippen LogP contribution is -2.23. The van der Waals surface area contributed by atoms with E-state index in [0.29, 0.717) is 0 Å². The molecule has 7 aromatic carbocycles. The summed E-state index contributed by atoms with van der Waals surface area (Å²) in [7, 11) is 0. The zero-order valence-electron chi connectivity index (χ0n) is 28.8. The average molecular weight is 632 g/mol. The monoisotopic (exact) mass is 631 g/mol. The van der Waals surface area contributed by atoms with Crippen LogP contribution in [0.4, 0.5) is 17.1 Å². The Morgan fingerprint density at radius 1 is 0.469 bits per heavy atom. The van der Waals surface area contributed by atoms with Crippen LogP contribution in [0.1, 0.15) is 62.8 Å². The Morgan fingerprint density at radius 2 is 1.06 bits per heavy atom. The van der Waals surface area contributed by atoms with E-state index in [2.05, 4.69) is 184 Å². The number of benzene rings is 7.